The van der Waals surface area contributed by atoms with Gasteiger partial charge in [0, 0.05) is 6.04 Å². The van der Waals surface area contributed by atoms with Gasteiger partial charge in [-0.15, -0.1) is 0 Å². The van der Waals surface area contributed by atoms with Crippen LogP contribution in [0.4, 0.5) is 4.79 Å². The summed E-state index contributed by atoms with van der Waals surface area (Å²) in [5, 5.41) is 9.15. The van der Waals surface area contributed by atoms with E-state index in [-0.39, 0.29) is 18.2 Å². The van der Waals surface area contributed by atoms with Crippen LogP contribution >= 0.6 is 0 Å². The Morgan fingerprint density at radius 1 is 1.24 bits per heavy atom. The number of ether oxygens (including phenoxy) is 1. The van der Waals surface area contributed by atoms with Gasteiger partial charge in [-0.25, -0.2) is 4.79 Å². The molecule has 1 saturated heterocycles. The molecule has 2 aliphatic rings. The molecule has 0 N–H and O–H groups in total. The molecule has 1 aromatic rings. The molecule has 2 aliphatic heterocycles. The van der Waals surface area contributed by atoms with Gasteiger partial charge in [-0.1, -0.05) is 6.08 Å². The summed E-state index contributed by atoms with van der Waals surface area (Å²) in [5.74, 6) is 0. The fourth-order valence-corrected chi connectivity index (χ4v) is 4.15. The molecular formula is C21H26N2O2. The van der Waals surface area contributed by atoms with E-state index >= 15 is 0 Å². The van der Waals surface area contributed by atoms with Gasteiger partial charge in [0.15, 0.2) is 0 Å². The predicted octanol–water partition coefficient (Wildman–Crippen LogP) is 4.73. The summed E-state index contributed by atoms with van der Waals surface area (Å²) in [6, 6.07) is 6.44. The van der Waals surface area contributed by atoms with Crippen LogP contribution < -0.4 is 0 Å². The van der Waals surface area contributed by atoms with E-state index in [0.29, 0.717) is 5.56 Å². The zero-order chi connectivity index (χ0) is 18.4. The Bertz CT molecular complexity index is 757. The first-order valence-corrected chi connectivity index (χ1v) is 8.93. The van der Waals surface area contributed by atoms with Crippen LogP contribution in [0, 0.1) is 25.2 Å². The van der Waals surface area contributed by atoms with Gasteiger partial charge in [-0.2, -0.15) is 5.26 Å². The van der Waals surface area contributed by atoms with E-state index in [1.54, 1.807) is 0 Å². The highest BCUT2D eigenvalue weighted by molar-refractivity contribution is 5.77. The molecule has 2 atom stereocenters. The van der Waals surface area contributed by atoms with Crippen molar-refractivity contribution in [3.8, 4) is 6.07 Å². The zero-order valence-corrected chi connectivity index (χ0v) is 15.7. The Morgan fingerprint density at radius 3 is 2.40 bits per heavy atom. The lowest BCUT2D eigenvalue weighted by Crippen LogP contribution is -2.45. The third kappa shape index (κ3) is 3.42. The molecule has 3 rings (SSSR count). The summed E-state index contributed by atoms with van der Waals surface area (Å²) in [6.07, 6.45) is 4.88. The van der Waals surface area contributed by atoms with E-state index in [2.05, 4.69) is 26.0 Å². The maximum absolute atomic E-state index is 12.6. The molecule has 0 spiro atoms. The molecule has 0 aliphatic carbocycles. The largest absolute Gasteiger partial charge is 0.444 e. The van der Waals surface area contributed by atoms with Crippen LogP contribution in [-0.4, -0.2) is 28.7 Å². The van der Waals surface area contributed by atoms with Crippen molar-refractivity contribution in [2.45, 2.75) is 71.6 Å². The third-order valence-corrected chi connectivity index (χ3v) is 4.98. The quantitative estimate of drug-likeness (QED) is 0.744. The molecule has 2 heterocycles. The van der Waals surface area contributed by atoms with Gasteiger partial charge >= 0.3 is 6.09 Å². The number of nitriles is 1. The van der Waals surface area contributed by atoms with E-state index in [9.17, 15) is 4.79 Å². The number of fused-ring (bicyclic) bond motifs is 2. The minimum atomic E-state index is -0.471. The Morgan fingerprint density at radius 2 is 1.88 bits per heavy atom. The number of benzene rings is 1. The Kier molecular flexibility index (Phi) is 4.36. The van der Waals surface area contributed by atoms with E-state index in [1.807, 2.05) is 37.8 Å². The average molecular weight is 338 g/mol. The maximum atomic E-state index is 12.6. The molecule has 25 heavy (non-hydrogen) atoms. The van der Waals surface area contributed by atoms with Crippen molar-refractivity contribution in [3.05, 3.63) is 40.5 Å². The molecule has 132 valence electrons. The monoisotopic (exact) mass is 338 g/mol. The topological polar surface area (TPSA) is 53.3 Å². The Labute approximate surface area is 150 Å². The van der Waals surface area contributed by atoms with E-state index in [4.69, 9.17) is 10.00 Å². The highest BCUT2D eigenvalue weighted by Gasteiger charge is 2.41. The molecule has 1 fully saturated rings. The molecule has 2 unspecified atom stereocenters. The SMILES string of the molecule is Cc1cc(C#N)cc(C)c1C1=CC2CCC(C1)N2C(=O)OC(C)(C)C. The number of hydrogen-bond acceptors (Lipinski definition) is 3. The van der Waals surface area contributed by atoms with Crippen LogP contribution in [0.2, 0.25) is 0 Å². The first-order chi connectivity index (χ1) is 11.7. The predicted molar refractivity (Wildman–Crippen MR) is 98.1 cm³/mol. The lowest BCUT2D eigenvalue weighted by atomic mass is 9.88. The van der Waals surface area contributed by atoms with Gasteiger partial charge in [0.1, 0.15) is 5.60 Å². The molecule has 4 nitrogen and oxygen atoms in total. The Hall–Kier alpha value is -2.28. The molecule has 0 saturated carbocycles. The smallest absolute Gasteiger partial charge is 0.411 e. The maximum Gasteiger partial charge on any atom is 0.411 e. The minimum absolute atomic E-state index is 0.109. The summed E-state index contributed by atoms with van der Waals surface area (Å²) in [7, 11) is 0. The van der Waals surface area contributed by atoms with E-state index in [0.717, 1.165) is 30.4 Å². The van der Waals surface area contributed by atoms with Crippen molar-refractivity contribution in [2.75, 3.05) is 0 Å². The van der Waals surface area contributed by atoms with Crippen molar-refractivity contribution in [1.82, 2.24) is 4.90 Å². The molecule has 2 bridgehead atoms. The second-order valence-corrected chi connectivity index (χ2v) is 8.18. The van der Waals surface area contributed by atoms with Crippen molar-refractivity contribution >= 4 is 11.7 Å². The van der Waals surface area contributed by atoms with Crippen LogP contribution in [0.15, 0.2) is 18.2 Å². The fraction of sp³-hybridized carbons (Fsp3) is 0.524. The summed E-state index contributed by atoms with van der Waals surface area (Å²) in [6.45, 7) is 9.84. The second kappa shape index (κ2) is 6.22. The summed E-state index contributed by atoms with van der Waals surface area (Å²) >= 11 is 0. The van der Waals surface area contributed by atoms with Crippen LogP contribution in [0.3, 0.4) is 0 Å². The van der Waals surface area contributed by atoms with Crippen LogP contribution in [-0.2, 0) is 4.74 Å². The summed E-state index contributed by atoms with van der Waals surface area (Å²) in [5.41, 5.74) is 5.03. The Balaban J connectivity index is 1.90. The van der Waals surface area contributed by atoms with Crippen molar-refractivity contribution in [1.29, 1.82) is 5.26 Å². The third-order valence-electron chi connectivity index (χ3n) is 4.98. The van der Waals surface area contributed by atoms with Crippen LogP contribution in [0.5, 0.6) is 0 Å². The second-order valence-electron chi connectivity index (χ2n) is 8.18. The molecular weight excluding hydrogens is 312 g/mol. The zero-order valence-electron chi connectivity index (χ0n) is 15.7. The van der Waals surface area contributed by atoms with Gasteiger partial charge in [-0.05, 0) is 88.3 Å². The van der Waals surface area contributed by atoms with Gasteiger partial charge in [0.2, 0.25) is 0 Å². The highest BCUT2D eigenvalue weighted by atomic mass is 16.6. The molecule has 1 aromatic carbocycles. The van der Waals surface area contributed by atoms with Gasteiger partial charge in [0.25, 0.3) is 0 Å². The molecule has 0 aromatic heterocycles. The summed E-state index contributed by atoms with van der Waals surface area (Å²) < 4.78 is 5.60. The standard InChI is InChI=1S/C21H26N2O2/c1-13-8-15(12-22)9-14(2)19(13)16-10-17-6-7-18(11-16)23(17)20(24)25-21(3,4)5/h8-10,17-18H,6-7,11H2,1-5H3. The lowest BCUT2D eigenvalue weighted by Gasteiger charge is -2.36. The van der Waals surface area contributed by atoms with Gasteiger partial charge in [0.05, 0.1) is 17.7 Å². The van der Waals surface area contributed by atoms with Gasteiger partial charge in [-0.3, -0.25) is 4.90 Å². The number of amides is 1. The normalized spacial score (nSPS) is 22.4. The fourth-order valence-electron chi connectivity index (χ4n) is 4.15. The lowest BCUT2D eigenvalue weighted by molar-refractivity contribution is 0.0175. The number of rotatable bonds is 1. The number of carbonyl (C=O) groups excluding carboxylic acids is 1. The number of carbonyl (C=O) groups is 1. The molecule has 4 heteroatoms. The molecule has 1 amide bonds. The number of nitrogens with zero attached hydrogens (tertiary/aromatic N) is 2. The van der Waals surface area contributed by atoms with E-state index < -0.39 is 5.60 Å². The van der Waals surface area contributed by atoms with Crippen LogP contribution in [0.25, 0.3) is 5.57 Å². The first kappa shape index (κ1) is 17.5. The van der Waals surface area contributed by atoms with Crippen LogP contribution in [0.1, 0.15) is 62.3 Å². The van der Waals surface area contributed by atoms with Crippen molar-refractivity contribution < 1.29 is 9.53 Å². The first-order valence-electron chi connectivity index (χ1n) is 8.93. The minimum Gasteiger partial charge on any atom is -0.444 e. The summed E-state index contributed by atoms with van der Waals surface area (Å²) in [4.78, 5) is 14.5. The highest BCUT2D eigenvalue weighted by Crippen LogP contribution is 2.41. The number of hydrogen-bond donors (Lipinski definition) is 0. The molecule has 0 radical (unpaired) electrons. The average Bonchev–Trinajstić information content (AvgIpc) is 2.76. The van der Waals surface area contributed by atoms with Crippen molar-refractivity contribution in [3.63, 3.8) is 0 Å². The van der Waals surface area contributed by atoms with Gasteiger partial charge < -0.3 is 4.74 Å². The van der Waals surface area contributed by atoms with Crippen molar-refractivity contribution in [2.24, 2.45) is 0 Å². The number of aryl methyl sites for hydroxylation is 2. The van der Waals surface area contributed by atoms with E-state index in [1.165, 1.54) is 11.1 Å².